The van der Waals surface area contributed by atoms with E-state index in [0.717, 1.165) is 52.5 Å². The van der Waals surface area contributed by atoms with Crippen LogP contribution in [0.15, 0.2) is 41.6 Å². The Bertz CT molecular complexity index is 1460. The maximum Gasteiger partial charge on any atom is 0.251 e. The van der Waals surface area contributed by atoms with Gasteiger partial charge in [-0.1, -0.05) is 0 Å². The fourth-order valence-electron chi connectivity index (χ4n) is 5.43. The number of aromatic nitrogens is 4. The van der Waals surface area contributed by atoms with Crippen molar-refractivity contribution >= 4 is 11.3 Å². The third kappa shape index (κ3) is 4.54. The molecule has 36 heavy (non-hydrogen) atoms. The number of morpholine rings is 1. The summed E-state index contributed by atoms with van der Waals surface area (Å²) in [6.07, 6.45) is 6.34. The summed E-state index contributed by atoms with van der Waals surface area (Å²) in [4.78, 5) is 38.9. The number of pyridine rings is 2. The second-order valence-electron chi connectivity index (χ2n) is 9.72. The number of aryl methyl sites for hydroxylation is 2. The standard InChI is InChI=1S/C28H33N5O3/c1-17-13-18(2)31-28(35)23(17)5-6-25(34)24-15-22-14-21(27-29-7-8-30-27)16-33(22)26(19(24)3)20(4)32-9-11-36-12-10-32/h7-8,13-16,20H,5-6,9-12H2,1-4H3,(H,29,30)(H,31,35). The van der Waals surface area contributed by atoms with Gasteiger partial charge in [0.15, 0.2) is 5.78 Å². The van der Waals surface area contributed by atoms with Crippen molar-refractivity contribution in [1.29, 1.82) is 0 Å². The van der Waals surface area contributed by atoms with Crippen LogP contribution in [-0.2, 0) is 11.2 Å². The molecule has 5 heterocycles. The Morgan fingerprint density at radius 3 is 2.64 bits per heavy atom. The Morgan fingerprint density at radius 2 is 1.94 bits per heavy atom. The molecule has 0 aliphatic carbocycles. The zero-order chi connectivity index (χ0) is 25.4. The molecule has 8 nitrogen and oxygen atoms in total. The summed E-state index contributed by atoms with van der Waals surface area (Å²) in [5.41, 5.74) is 7.03. The van der Waals surface area contributed by atoms with E-state index in [9.17, 15) is 9.59 Å². The molecule has 4 aromatic rings. The van der Waals surface area contributed by atoms with Crippen LogP contribution >= 0.6 is 0 Å². The molecule has 1 atom stereocenters. The molecular formula is C28H33N5O3. The molecule has 0 radical (unpaired) electrons. The first-order chi connectivity index (χ1) is 17.3. The summed E-state index contributed by atoms with van der Waals surface area (Å²) in [5.74, 6) is 0.842. The zero-order valence-corrected chi connectivity index (χ0v) is 21.4. The van der Waals surface area contributed by atoms with E-state index >= 15 is 0 Å². The number of hydrogen-bond donors (Lipinski definition) is 2. The van der Waals surface area contributed by atoms with Crippen LogP contribution in [0.3, 0.4) is 0 Å². The minimum atomic E-state index is -0.108. The number of fused-ring (bicyclic) bond motifs is 1. The van der Waals surface area contributed by atoms with Crippen molar-refractivity contribution in [2.75, 3.05) is 26.3 Å². The van der Waals surface area contributed by atoms with Gasteiger partial charge in [-0.05, 0) is 63.4 Å². The minimum absolute atomic E-state index is 0.0468. The number of imidazole rings is 1. The SMILES string of the molecule is Cc1cc(C)c(CCC(=O)c2cc3cc(-c4ncc[nH]4)cn3c(C(C)N3CCOCC3)c2C)c(=O)[nH]1. The lowest BCUT2D eigenvalue weighted by atomic mass is 9.95. The number of ether oxygens (including phenoxy) is 1. The Kier molecular flexibility index (Phi) is 6.64. The Hall–Kier alpha value is -3.49. The molecule has 2 N–H and O–H groups in total. The van der Waals surface area contributed by atoms with E-state index < -0.39 is 0 Å². The molecular weight excluding hydrogens is 454 g/mol. The van der Waals surface area contributed by atoms with E-state index in [1.807, 2.05) is 39.1 Å². The molecule has 1 fully saturated rings. The predicted molar refractivity (Wildman–Crippen MR) is 140 cm³/mol. The fraction of sp³-hybridized carbons (Fsp3) is 0.393. The summed E-state index contributed by atoms with van der Waals surface area (Å²) in [7, 11) is 0. The average Bonchev–Trinajstić information content (AvgIpc) is 3.53. The molecule has 1 unspecified atom stereocenters. The summed E-state index contributed by atoms with van der Waals surface area (Å²) >= 11 is 0. The van der Waals surface area contributed by atoms with Crippen LogP contribution in [0, 0.1) is 20.8 Å². The number of rotatable bonds is 7. The lowest BCUT2D eigenvalue weighted by Crippen LogP contribution is -2.39. The summed E-state index contributed by atoms with van der Waals surface area (Å²) in [5, 5.41) is 0. The molecule has 5 rings (SSSR count). The average molecular weight is 488 g/mol. The number of H-pyrrole nitrogens is 2. The van der Waals surface area contributed by atoms with Crippen molar-refractivity contribution in [3.05, 3.63) is 80.8 Å². The topological polar surface area (TPSA) is 95.5 Å². The van der Waals surface area contributed by atoms with Crippen molar-refractivity contribution in [1.82, 2.24) is 24.3 Å². The second kappa shape index (κ2) is 9.87. The van der Waals surface area contributed by atoms with E-state index in [-0.39, 0.29) is 23.8 Å². The number of carbonyl (C=O) groups is 1. The largest absolute Gasteiger partial charge is 0.379 e. The van der Waals surface area contributed by atoms with E-state index in [1.165, 1.54) is 0 Å². The number of hydrogen-bond acceptors (Lipinski definition) is 5. The fourth-order valence-corrected chi connectivity index (χ4v) is 5.43. The lowest BCUT2D eigenvalue weighted by molar-refractivity contribution is 0.0187. The molecule has 4 aromatic heterocycles. The summed E-state index contributed by atoms with van der Waals surface area (Å²) in [6.45, 7) is 11.1. The van der Waals surface area contributed by atoms with Gasteiger partial charge in [-0.25, -0.2) is 4.98 Å². The normalized spacial score (nSPS) is 15.4. The van der Waals surface area contributed by atoms with Crippen molar-refractivity contribution in [2.45, 2.75) is 46.6 Å². The maximum atomic E-state index is 13.6. The van der Waals surface area contributed by atoms with Gasteiger partial charge >= 0.3 is 0 Å². The second-order valence-corrected chi connectivity index (χ2v) is 9.72. The van der Waals surface area contributed by atoms with Crippen LogP contribution in [0.1, 0.15) is 57.8 Å². The first-order valence-electron chi connectivity index (χ1n) is 12.5. The van der Waals surface area contributed by atoms with Crippen LogP contribution in [0.25, 0.3) is 16.9 Å². The first kappa shape index (κ1) is 24.2. The quantitative estimate of drug-likeness (QED) is 0.382. The number of ketones is 1. The number of nitrogens with zero attached hydrogens (tertiary/aromatic N) is 3. The number of nitrogens with one attached hydrogen (secondary N) is 2. The van der Waals surface area contributed by atoms with E-state index in [2.05, 4.69) is 43.4 Å². The van der Waals surface area contributed by atoms with Crippen molar-refractivity contribution < 1.29 is 9.53 Å². The van der Waals surface area contributed by atoms with Gasteiger partial charge in [0.25, 0.3) is 5.56 Å². The third-order valence-corrected chi connectivity index (χ3v) is 7.35. The third-order valence-electron chi connectivity index (χ3n) is 7.35. The first-order valence-corrected chi connectivity index (χ1v) is 12.5. The van der Waals surface area contributed by atoms with Crippen LogP contribution in [0.5, 0.6) is 0 Å². The van der Waals surface area contributed by atoms with Gasteiger partial charge in [-0.3, -0.25) is 14.5 Å². The minimum Gasteiger partial charge on any atom is -0.379 e. The monoisotopic (exact) mass is 487 g/mol. The highest BCUT2D eigenvalue weighted by Crippen LogP contribution is 2.32. The van der Waals surface area contributed by atoms with Gasteiger partial charge in [0.05, 0.1) is 13.2 Å². The van der Waals surface area contributed by atoms with Crippen molar-refractivity contribution in [3.63, 3.8) is 0 Å². The molecule has 1 aliphatic rings. The predicted octanol–water partition coefficient (Wildman–Crippen LogP) is 4.15. The Morgan fingerprint density at radius 1 is 1.17 bits per heavy atom. The summed E-state index contributed by atoms with van der Waals surface area (Å²) < 4.78 is 7.77. The zero-order valence-electron chi connectivity index (χ0n) is 21.4. The highest BCUT2D eigenvalue weighted by molar-refractivity contribution is 5.99. The van der Waals surface area contributed by atoms with Crippen LogP contribution < -0.4 is 5.56 Å². The molecule has 188 valence electrons. The van der Waals surface area contributed by atoms with Gasteiger partial charge < -0.3 is 19.1 Å². The van der Waals surface area contributed by atoms with Crippen molar-refractivity contribution in [3.8, 4) is 11.4 Å². The highest BCUT2D eigenvalue weighted by Gasteiger charge is 2.26. The Balaban J connectivity index is 1.55. The van der Waals surface area contributed by atoms with Gasteiger partial charge in [0, 0.05) is 77.7 Å². The number of Topliss-reactive ketones (excluding diaryl/α,β-unsaturated/α-hetero) is 1. The van der Waals surface area contributed by atoms with Gasteiger partial charge in [-0.15, -0.1) is 0 Å². The molecule has 1 aliphatic heterocycles. The van der Waals surface area contributed by atoms with E-state index in [1.54, 1.807) is 6.20 Å². The molecule has 8 heteroatoms. The maximum absolute atomic E-state index is 13.6. The number of aromatic amines is 2. The molecule has 1 saturated heterocycles. The highest BCUT2D eigenvalue weighted by atomic mass is 16.5. The molecule has 0 saturated carbocycles. The van der Waals surface area contributed by atoms with Gasteiger partial charge in [0.2, 0.25) is 0 Å². The van der Waals surface area contributed by atoms with E-state index in [4.69, 9.17) is 4.74 Å². The molecule has 0 amide bonds. The van der Waals surface area contributed by atoms with Crippen LogP contribution in [0.2, 0.25) is 0 Å². The van der Waals surface area contributed by atoms with Gasteiger partial charge in [-0.2, -0.15) is 0 Å². The summed E-state index contributed by atoms with van der Waals surface area (Å²) in [6, 6.07) is 6.10. The molecule has 0 spiro atoms. The van der Waals surface area contributed by atoms with Crippen molar-refractivity contribution in [2.24, 2.45) is 0 Å². The number of carbonyl (C=O) groups excluding carboxylic acids is 1. The lowest BCUT2D eigenvalue weighted by Gasteiger charge is -2.34. The van der Waals surface area contributed by atoms with E-state index in [0.29, 0.717) is 30.8 Å². The van der Waals surface area contributed by atoms with Gasteiger partial charge in [0.1, 0.15) is 5.82 Å². The molecule has 0 bridgehead atoms. The Labute approximate surface area is 210 Å². The smallest absolute Gasteiger partial charge is 0.251 e. The molecule has 0 aromatic carbocycles. The van der Waals surface area contributed by atoms with Crippen LogP contribution in [-0.4, -0.2) is 56.3 Å². The van der Waals surface area contributed by atoms with Crippen LogP contribution in [0.4, 0.5) is 0 Å².